The first-order valence-electron chi connectivity index (χ1n) is 3.93. The summed E-state index contributed by atoms with van der Waals surface area (Å²) in [4.78, 5) is 4.35. The Morgan fingerprint density at radius 3 is 2.55 bits per heavy atom. The number of ether oxygens (including phenoxy) is 1. The van der Waals surface area contributed by atoms with Crippen LogP contribution < -0.4 is 5.73 Å². The van der Waals surface area contributed by atoms with Gasteiger partial charge in [0, 0.05) is 0 Å². The summed E-state index contributed by atoms with van der Waals surface area (Å²) in [6.07, 6.45) is 0. The summed E-state index contributed by atoms with van der Waals surface area (Å²) in [5.74, 6) is 0.699. The van der Waals surface area contributed by atoms with Crippen LogP contribution in [0.4, 0.5) is 0 Å². The predicted octanol–water partition coefficient (Wildman–Crippen LogP) is 0.788. The molecule has 1 aliphatic heterocycles. The van der Waals surface area contributed by atoms with Gasteiger partial charge in [-0.3, -0.25) is 0 Å². The molecule has 1 heterocycles. The lowest BCUT2D eigenvalue weighted by molar-refractivity contribution is 0.234. The van der Waals surface area contributed by atoms with E-state index in [1.165, 1.54) is 0 Å². The van der Waals surface area contributed by atoms with Crippen LogP contribution in [0.3, 0.4) is 0 Å². The van der Waals surface area contributed by atoms with Crippen molar-refractivity contribution < 1.29 is 4.74 Å². The van der Waals surface area contributed by atoms with Gasteiger partial charge in [-0.1, -0.05) is 20.8 Å². The zero-order valence-corrected chi connectivity index (χ0v) is 7.42. The molecule has 1 atom stereocenters. The van der Waals surface area contributed by atoms with E-state index in [4.69, 9.17) is 10.5 Å². The largest absolute Gasteiger partial charge is 0.478 e. The molecule has 0 saturated carbocycles. The van der Waals surface area contributed by atoms with E-state index >= 15 is 0 Å². The Bertz CT molecular complexity index is 169. The maximum Gasteiger partial charge on any atom is 0.197 e. The zero-order chi connectivity index (χ0) is 8.48. The number of nitrogens with zero attached hydrogens (tertiary/aromatic N) is 1. The van der Waals surface area contributed by atoms with E-state index in [0.29, 0.717) is 19.0 Å². The zero-order valence-electron chi connectivity index (χ0n) is 7.42. The van der Waals surface area contributed by atoms with Gasteiger partial charge in [0.25, 0.3) is 0 Å². The highest BCUT2D eigenvalue weighted by molar-refractivity contribution is 5.79. The highest BCUT2D eigenvalue weighted by atomic mass is 16.5. The molecule has 1 unspecified atom stereocenters. The minimum atomic E-state index is 0.191. The number of aliphatic imine (C=N–C) groups is 1. The molecule has 0 radical (unpaired) electrons. The summed E-state index contributed by atoms with van der Waals surface area (Å²) >= 11 is 0. The molecule has 0 amide bonds. The first-order valence-corrected chi connectivity index (χ1v) is 3.93. The van der Waals surface area contributed by atoms with E-state index in [-0.39, 0.29) is 11.5 Å². The van der Waals surface area contributed by atoms with Gasteiger partial charge in [0.1, 0.15) is 6.61 Å². The lowest BCUT2D eigenvalue weighted by atomic mass is 9.88. The maximum atomic E-state index is 5.38. The van der Waals surface area contributed by atoms with Gasteiger partial charge in [-0.15, -0.1) is 0 Å². The van der Waals surface area contributed by atoms with E-state index in [1.54, 1.807) is 0 Å². The van der Waals surface area contributed by atoms with Crippen LogP contribution in [0, 0.1) is 5.41 Å². The standard InChI is InChI=1S/C8H16N2O/c1-8(2,3)6-5-11-7(4-9)10-6/h6H,4-5,9H2,1-3H3. The monoisotopic (exact) mass is 156 g/mol. The molecule has 2 N–H and O–H groups in total. The van der Waals surface area contributed by atoms with Crippen LogP contribution in [-0.2, 0) is 4.74 Å². The fraction of sp³-hybridized carbons (Fsp3) is 0.875. The van der Waals surface area contributed by atoms with Crippen molar-refractivity contribution in [3.8, 4) is 0 Å². The predicted molar refractivity (Wildman–Crippen MR) is 45.7 cm³/mol. The molecule has 0 bridgehead atoms. The van der Waals surface area contributed by atoms with Gasteiger partial charge in [0.2, 0.25) is 0 Å². The number of hydrogen-bond donors (Lipinski definition) is 1. The molecule has 0 saturated heterocycles. The third kappa shape index (κ3) is 1.93. The van der Waals surface area contributed by atoms with Gasteiger partial charge in [0.15, 0.2) is 5.90 Å². The molecule has 0 aliphatic carbocycles. The lowest BCUT2D eigenvalue weighted by Crippen LogP contribution is -2.25. The van der Waals surface area contributed by atoms with Crippen molar-refractivity contribution in [3.63, 3.8) is 0 Å². The molecule has 0 spiro atoms. The molecular weight excluding hydrogens is 140 g/mol. The van der Waals surface area contributed by atoms with Crippen LogP contribution in [0.2, 0.25) is 0 Å². The molecular formula is C8H16N2O. The summed E-state index contributed by atoms with van der Waals surface area (Å²) in [5, 5.41) is 0. The summed E-state index contributed by atoms with van der Waals surface area (Å²) in [7, 11) is 0. The molecule has 64 valence electrons. The number of rotatable bonds is 1. The molecule has 11 heavy (non-hydrogen) atoms. The molecule has 0 aromatic rings. The van der Waals surface area contributed by atoms with Crippen LogP contribution in [0.1, 0.15) is 20.8 Å². The van der Waals surface area contributed by atoms with Crippen molar-refractivity contribution in [2.24, 2.45) is 16.1 Å². The smallest absolute Gasteiger partial charge is 0.197 e. The minimum absolute atomic E-state index is 0.191. The first kappa shape index (κ1) is 8.53. The SMILES string of the molecule is CC(C)(C)C1COC(CN)=N1. The summed E-state index contributed by atoms with van der Waals surface area (Å²) in [6, 6.07) is 0.279. The third-order valence-corrected chi connectivity index (χ3v) is 1.88. The second kappa shape index (κ2) is 2.81. The molecule has 3 heteroatoms. The second-order valence-electron chi connectivity index (χ2n) is 3.92. The normalized spacial score (nSPS) is 24.7. The van der Waals surface area contributed by atoms with Crippen molar-refractivity contribution in [2.75, 3.05) is 13.2 Å². The fourth-order valence-corrected chi connectivity index (χ4v) is 0.979. The topological polar surface area (TPSA) is 47.6 Å². The molecule has 1 rings (SSSR count). The molecule has 3 nitrogen and oxygen atoms in total. The van der Waals surface area contributed by atoms with Gasteiger partial charge in [-0.2, -0.15) is 0 Å². The van der Waals surface area contributed by atoms with E-state index < -0.39 is 0 Å². The fourth-order valence-electron chi connectivity index (χ4n) is 0.979. The Kier molecular flexibility index (Phi) is 2.18. The molecule has 0 fully saturated rings. The number of nitrogens with two attached hydrogens (primary N) is 1. The van der Waals surface area contributed by atoms with Crippen molar-refractivity contribution in [3.05, 3.63) is 0 Å². The molecule has 1 aliphatic rings. The lowest BCUT2D eigenvalue weighted by Gasteiger charge is -2.21. The average molecular weight is 156 g/mol. The van der Waals surface area contributed by atoms with Gasteiger partial charge < -0.3 is 10.5 Å². The van der Waals surface area contributed by atoms with Crippen molar-refractivity contribution in [1.29, 1.82) is 0 Å². The first-order chi connectivity index (χ1) is 5.04. The van der Waals surface area contributed by atoms with E-state index in [2.05, 4.69) is 25.8 Å². The van der Waals surface area contributed by atoms with Crippen LogP contribution in [-0.4, -0.2) is 25.1 Å². The van der Waals surface area contributed by atoms with E-state index in [1.807, 2.05) is 0 Å². The molecule has 0 aromatic heterocycles. The number of hydrogen-bond acceptors (Lipinski definition) is 3. The van der Waals surface area contributed by atoms with Crippen molar-refractivity contribution in [1.82, 2.24) is 0 Å². The van der Waals surface area contributed by atoms with Crippen LogP contribution in [0.25, 0.3) is 0 Å². The van der Waals surface area contributed by atoms with Gasteiger partial charge in [-0.25, -0.2) is 4.99 Å². The quantitative estimate of drug-likeness (QED) is 0.610. The Labute approximate surface area is 67.6 Å². The van der Waals surface area contributed by atoms with Crippen LogP contribution in [0.15, 0.2) is 4.99 Å². The Morgan fingerprint density at radius 2 is 2.27 bits per heavy atom. The third-order valence-electron chi connectivity index (χ3n) is 1.88. The minimum Gasteiger partial charge on any atom is -0.478 e. The highest BCUT2D eigenvalue weighted by Crippen LogP contribution is 2.25. The Hall–Kier alpha value is -0.570. The summed E-state index contributed by atoms with van der Waals surface area (Å²) < 4.78 is 5.27. The maximum absolute atomic E-state index is 5.38. The Morgan fingerprint density at radius 1 is 1.64 bits per heavy atom. The van der Waals surface area contributed by atoms with E-state index in [9.17, 15) is 0 Å². The van der Waals surface area contributed by atoms with Gasteiger partial charge in [-0.05, 0) is 5.41 Å². The average Bonchev–Trinajstić information content (AvgIpc) is 2.32. The summed E-state index contributed by atoms with van der Waals surface area (Å²) in [5.41, 5.74) is 5.57. The van der Waals surface area contributed by atoms with E-state index in [0.717, 1.165) is 0 Å². The van der Waals surface area contributed by atoms with Crippen molar-refractivity contribution >= 4 is 5.90 Å². The highest BCUT2D eigenvalue weighted by Gasteiger charge is 2.29. The summed E-state index contributed by atoms with van der Waals surface area (Å²) in [6.45, 7) is 7.58. The van der Waals surface area contributed by atoms with Gasteiger partial charge in [0.05, 0.1) is 12.6 Å². The van der Waals surface area contributed by atoms with Gasteiger partial charge >= 0.3 is 0 Å². The van der Waals surface area contributed by atoms with Crippen molar-refractivity contribution in [2.45, 2.75) is 26.8 Å². The van der Waals surface area contributed by atoms with Crippen LogP contribution in [0.5, 0.6) is 0 Å². The second-order valence-corrected chi connectivity index (χ2v) is 3.92. The Balaban J connectivity index is 2.59. The molecule has 0 aromatic carbocycles. The van der Waals surface area contributed by atoms with Crippen LogP contribution >= 0.6 is 0 Å².